The van der Waals surface area contributed by atoms with Gasteiger partial charge in [-0.3, -0.25) is 9.59 Å². The maximum Gasteiger partial charge on any atom is 0.323 e. The van der Waals surface area contributed by atoms with Crippen LogP contribution in [0.3, 0.4) is 0 Å². The first-order valence-electron chi connectivity index (χ1n) is 18.6. The van der Waals surface area contributed by atoms with Crippen molar-refractivity contribution in [3.05, 3.63) is 179 Å². The minimum absolute atomic E-state index is 0.0606. The molecule has 268 valence electrons. The highest BCUT2D eigenvalue weighted by Crippen LogP contribution is 2.53. The topological polar surface area (TPSA) is 67.4 Å². The highest BCUT2D eigenvalue weighted by atomic mass is 32.2. The maximum atomic E-state index is 13.5. The van der Waals surface area contributed by atoms with Crippen LogP contribution in [0.4, 0.5) is 0 Å². The largest absolute Gasteiger partial charge is 0.454 e. The van der Waals surface area contributed by atoms with Crippen molar-refractivity contribution in [3.8, 4) is 0 Å². The molecular weight excluding hydrogens is 661 g/mol. The summed E-state index contributed by atoms with van der Waals surface area (Å²) in [5.41, 5.74) is 5.77. The third-order valence-corrected chi connectivity index (χ3v) is 12.2. The van der Waals surface area contributed by atoms with Crippen LogP contribution in [-0.2, 0) is 19.1 Å². The average molecular weight is 711 g/mol. The zero-order valence-electron chi connectivity index (χ0n) is 30.2. The van der Waals surface area contributed by atoms with Gasteiger partial charge in [0.2, 0.25) is 0 Å². The molecule has 1 amide bonds. The number of benzene rings is 5. The van der Waals surface area contributed by atoms with Crippen molar-refractivity contribution in [1.82, 2.24) is 10.6 Å². The predicted octanol–water partition coefficient (Wildman–Crippen LogP) is 9.33. The van der Waals surface area contributed by atoms with Gasteiger partial charge in [0.25, 0.3) is 5.91 Å². The van der Waals surface area contributed by atoms with Crippen molar-refractivity contribution in [3.63, 3.8) is 0 Å². The SMILES string of the molecule is CC[C@H](C)[C@H](NC[C@H]1CC[C@@H](SC(c2ccccc2)(c2ccccc2)c2ccccc2)C1)C(=O)OCC(=O)NC(c1ccccc1)c1ccccc1. The summed E-state index contributed by atoms with van der Waals surface area (Å²) < 4.78 is 5.35. The number of thioether (sulfide) groups is 1. The van der Waals surface area contributed by atoms with Crippen molar-refractivity contribution in [2.75, 3.05) is 13.2 Å². The van der Waals surface area contributed by atoms with Gasteiger partial charge in [-0.05, 0) is 65.5 Å². The van der Waals surface area contributed by atoms with Crippen molar-refractivity contribution in [2.45, 2.75) is 61.6 Å². The van der Waals surface area contributed by atoms with E-state index in [-0.39, 0.29) is 35.2 Å². The van der Waals surface area contributed by atoms with Crippen LogP contribution in [0.5, 0.6) is 0 Å². The van der Waals surface area contributed by atoms with E-state index >= 15 is 0 Å². The summed E-state index contributed by atoms with van der Waals surface area (Å²) in [4.78, 5) is 26.7. The highest BCUT2D eigenvalue weighted by Gasteiger charge is 2.41. The lowest BCUT2D eigenvalue weighted by Gasteiger charge is -2.37. The molecular formula is C46H50N2O3S. The van der Waals surface area contributed by atoms with E-state index in [0.29, 0.717) is 11.2 Å². The Balaban J connectivity index is 1.10. The standard InChI is InChI=1S/C46H50N2O3S/c1-3-34(2)43(45(50)51-33-42(49)48-44(36-19-9-4-10-20-36)37-21-11-5-12-22-37)47-32-35-29-30-41(31-35)52-46(38-23-13-6-14-24-38,39-25-15-7-16-26-39)40-27-17-8-18-28-40/h4-28,34-35,41,43-44,47H,3,29-33H2,1-2H3,(H,48,49)/t34-,35-,41+,43-/m0/s1. The molecule has 0 radical (unpaired) electrons. The maximum absolute atomic E-state index is 13.5. The van der Waals surface area contributed by atoms with E-state index in [2.05, 4.69) is 127 Å². The normalized spacial score (nSPS) is 17.0. The van der Waals surface area contributed by atoms with E-state index in [4.69, 9.17) is 4.74 Å². The van der Waals surface area contributed by atoms with E-state index in [0.717, 1.165) is 43.4 Å². The van der Waals surface area contributed by atoms with Crippen LogP contribution >= 0.6 is 11.8 Å². The van der Waals surface area contributed by atoms with Gasteiger partial charge in [-0.2, -0.15) is 0 Å². The van der Waals surface area contributed by atoms with Gasteiger partial charge in [-0.1, -0.05) is 172 Å². The number of amides is 1. The van der Waals surface area contributed by atoms with Crippen molar-refractivity contribution in [1.29, 1.82) is 0 Å². The molecule has 0 saturated heterocycles. The average Bonchev–Trinajstić information content (AvgIpc) is 3.66. The van der Waals surface area contributed by atoms with Gasteiger partial charge in [0, 0.05) is 5.25 Å². The molecule has 1 saturated carbocycles. The molecule has 6 rings (SSSR count). The summed E-state index contributed by atoms with van der Waals surface area (Å²) in [7, 11) is 0. The number of rotatable bonds is 16. The molecule has 0 aromatic heterocycles. The Morgan fingerprint density at radius 1 is 0.712 bits per heavy atom. The number of hydrogen-bond acceptors (Lipinski definition) is 5. The van der Waals surface area contributed by atoms with Crippen LogP contribution < -0.4 is 10.6 Å². The third-order valence-electron chi connectivity index (χ3n) is 10.4. The van der Waals surface area contributed by atoms with E-state index in [1.165, 1.54) is 16.7 Å². The molecule has 0 aliphatic heterocycles. The molecule has 0 unspecified atom stereocenters. The predicted molar refractivity (Wildman–Crippen MR) is 213 cm³/mol. The second-order valence-corrected chi connectivity index (χ2v) is 15.4. The second kappa shape index (κ2) is 18.2. The first-order valence-corrected chi connectivity index (χ1v) is 19.5. The van der Waals surface area contributed by atoms with Gasteiger partial charge >= 0.3 is 5.97 Å². The summed E-state index contributed by atoms with van der Waals surface area (Å²) in [5.74, 6) is -0.216. The molecule has 0 heterocycles. The van der Waals surface area contributed by atoms with Gasteiger partial charge in [-0.25, -0.2) is 0 Å². The van der Waals surface area contributed by atoms with Crippen LogP contribution in [0.25, 0.3) is 0 Å². The van der Waals surface area contributed by atoms with Gasteiger partial charge < -0.3 is 15.4 Å². The quantitative estimate of drug-likeness (QED) is 0.0790. The first kappa shape index (κ1) is 37.1. The molecule has 5 aromatic rings. The fourth-order valence-electron chi connectivity index (χ4n) is 7.42. The van der Waals surface area contributed by atoms with Crippen LogP contribution in [-0.4, -0.2) is 36.3 Å². The van der Waals surface area contributed by atoms with Crippen LogP contribution in [0.2, 0.25) is 0 Å². The van der Waals surface area contributed by atoms with Crippen LogP contribution in [0, 0.1) is 11.8 Å². The number of nitrogens with one attached hydrogen (secondary N) is 2. The molecule has 5 aromatic carbocycles. The molecule has 0 bridgehead atoms. The van der Waals surface area contributed by atoms with Gasteiger partial charge in [0.15, 0.2) is 6.61 Å². The molecule has 1 aliphatic carbocycles. The molecule has 6 heteroatoms. The summed E-state index contributed by atoms with van der Waals surface area (Å²) in [6, 6.07) is 51.5. The number of hydrogen-bond donors (Lipinski definition) is 2. The number of ether oxygens (including phenoxy) is 1. The highest BCUT2D eigenvalue weighted by molar-refractivity contribution is 8.01. The summed E-state index contributed by atoms with van der Waals surface area (Å²) in [6.07, 6.45) is 4.06. The summed E-state index contributed by atoms with van der Waals surface area (Å²) >= 11 is 2.06. The molecule has 4 atom stereocenters. The smallest absolute Gasteiger partial charge is 0.323 e. The lowest BCUT2D eigenvalue weighted by Crippen LogP contribution is -2.45. The molecule has 0 spiro atoms. The van der Waals surface area contributed by atoms with E-state index in [1.54, 1.807) is 0 Å². The van der Waals surface area contributed by atoms with E-state index in [9.17, 15) is 9.59 Å². The van der Waals surface area contributed by atoms with Gasteiger partial charge in [0.05, 0.1) is 10.8 Å². The molecule has 1 fully saturated rings. The first-order chi connectivity index (χ1) is 25.5. The fourth-order valence-corrected chi connectivity index (χ4v) is 9.36. The lowest BCUT2D eigenvalue weighted by molar-refractivity contribution is -0.152. The van der Waals surface area contributed by atoms with E-state index in [1.807, 2.05) is 60.7 Å². The molecule has 2 N–H and O–H groups in total. The van der Waals surface area contributed by atoms with Crippen molar-refractivity contribution >= 4 is 23.6 Å². The Morgan fingerprint density at radius 2 is 1.17 bits per heavy atom. The summed E-state index contributed by atoms with van der Waals surface area (Å²) in [5, 5.41) is 7.11. The number of esters is 1. The molecule has 5 nitrogen and oxygen atoms in total. The van der Waals surface area contributed by atoms with Crippen LogP contribution in [0.1, 0.15) is 73.4 Å². The summed E-state index contributed by atoms with van der Waals surface area (Å²) in [6.45, 7) is 4.56. The third kappa shape index (κ3) is 9.04. The Bertz CT molecular complexity index is 1690. The van der Waals surface area contributed by atoms with Crippen molar-refractivity contribution in [2.24, 2.45) is 11.8 Å². The Hall–Kier alpha value is -4.65. The monoisotopic (exact) mass is 710 g/mol. The van der Waals surface area contributed by atoms with E-state index < -0.39 is 6.04 Å². The van der Waals surface area contributed by atoms with Crippen molar-refractivity contribution < 1.29 is 14.3 Å². The van der Waals surface area contributed by atoms with Crippen LogP contribution in [0.15, 0.2) is 152 Å². The second-order valence-electron chi connectivity index (χ2n) is 13.9. The Morgan fingerprint density at radius 3 is 1.63 bits per heavy atom. The fraction of sp³-hybridized carbons (Fsp3) is 0.304. The molecule has 1 aliphatic rings. The minimum Gasteiger partial charge on any atom is -0.454 e. The van der Waals surface area contributed by atoms with Gasteiger partial charge in [0.1, 0.15) is 6.04 Å². The number of carbonyl (C=O) groups is 2. The lowest BCUT2D eigenvalue weighted by atomic mass is 9.84. The number of carbonyl (C=O) groups excluding carboxylic acids is 2. The molecule has 52 heavy (non-hydrogen) atoms. The Kier molecular flexibility index (Phi) is 13.0. The Labute approximate surface area is 313 Å². The zero-order chi connectivity index (χ0) is 36.2. The van der Waals surface area contributed by atoms with Gasteiger partial charge in [-0.15, -0.1) is 11.8 Å². The zero-order valence-corrected chi connectivity index (χ0v) is 31.0. The minimum atomic E-state index is -0.486.